The largest absolute Gasteiger partial charge is 0.340 e. The molecule has 0 spiro atoms. The van der Waals surface area contributed by atoms with E-state index in [-0.39, 0.29) is 5.91 Å². The Morgan fingerprint density at radius 2 is 1.89 bits per heavy atom. The van der Waals surface area contributed by atoms with Crippen molar-refractivity contribution in [2.75, 3.05) is 26.2 Å². The van der Waals surface area contributed by atoms with Crippen LogP contribution < -0.4 is 0 Å². The Balaban J connectivity index is 1.27. The quantitative estimate of drug-likeness (QED) is 0.647. The number of aromatic nitrogens is 1. The van der Waals surface area contributed by atoms with E-state index in [0.717, 1.165) is 48.3 Å². The van der Waals surface area contributed by atoms with E-state index in [4.69, 9.17) is 5.26 Å². The predicted octanol–water partition coefficient (Wildman–Crippen LogP) is 3.63. The molecule has 1 aromatic carbocycles. The van der Waals surface area contributed by atoms with E-state index < -0.39 is 0 Å². The maximum Gasteiger partial charge on any atom is 0.228 e. The number of thiophene rings is 1. The molecule has 0 bridgehead atoms. The fraction of sp³-hybridized carbons (Fsp3) is 0.286. The second kappa shape index (κ2) is 8.65. The van der Waals surface area contributed by atoms with E-state index in [1.54, 1.807) is 22.7 Å². The van der Waals surface area contributed by atoms with E-state index in [2.05, 4.69) is 22.0 Å². The van der Waals surface area contributed by atoms with E-state index in [1.165, 1.54) is 5.56 Å². The summed E-state index contributed by atoms with van der Waals surface area (Å²) in [5.74, 6) is 0.154. The molecule has 1 aliphatic heterocycles. The maximum absolute atomic E-state index is 12.6. The molecule has 5 nitrogen and oxygen atoms in total. The molecule has 1 fully saturated rings. The third-order valence-corrected chi connectivity index (χ3v) is 6.76. The second-order valence-electron chi connectivity index (χ2n) is 6.76. The number of carbonyl (C=O) groups is 1. The molecule has 1 aliphatic rings. The first-order chi connectivity index (χ1) is 13.7. The third-order valence-electron chi connectivity index (χ3n) is 4.83. The molecular weight excluding hydrogens is 388 g/mol. The number of benzene rings is 1. The van der Waals surface area contributed by atoms with Crippen LogP contribution in [0.15, 0.2) is 47.2 Å². The topological polar surface area (TPSA) is 60.2 Å². The van der Waals surface area contributed by atoms with Gasteiger partial charge in [0, 0.05) is 38.1 Å². The summed E-state index contributed by atoms with van der Waals surface area (Å²) in [6.45, 7) is 4.07. The summed E-state index contributed by atoms with van der Waals surface area (Å²) in [6, 6.07) is 13.9. The lowest BCUT2D eigenvalue weighted by Gasteiger charge is -2.34. The van der Waals surface area contributed by atoms with Gasteiger partial charge in [-0.1, -0.05) is 18.2 Å². The zero-order chi connectivity index (χ0) is 19.3. The summed E-state index contributed by atoms with van der Waals surface area (Å²) in [6.07, 6.45) is 0.373. The van der Waals surface area contributed by atoms with Crippen LogP contribution in [0.2, 0.25) is 0 Å². The van der Waals surface area contributed by atoms with Crippen LogP contribution in [0.4, 0.5) is 0 Å². The number of hydrogen-bond donors (Lipinski definition) is 0. The Morgan fingerprint density at radius 3 is 2.57 bits per heavy atom. The normalized spacial score (nSPS) is 14.8. The number of rotatable bonds is 5. The van der Waals surface area contributed by atoms with Crippen LogP contribution in [0.1, 0.15) is 16.8 Å². The minimum absolute atomic E-state index is 0.154. The van der Waals surface area contributed by atoms with Crippen LogP contribution in [0, 0.1) is 11.3 Å². The van der Waals surface area contributed by atoms with Crippen molar-refractivity contribution < 1.29 is 4.79 Å². The van der Waals surface area contributed by atoms with Crippen molar-refractivity contribution in [1.29, 1.82) is 5.26 Å². The monoisotopic (exact) mass is 408 g/mol. The standard InChI is InChI=1S/C21H20N4OS2/c22-13-16-3-5-17(6-4-16)14-24-7-9-25(10-8-24)20(26)12-18-15-28-21(23-18)19-2-1-11-27-19/h1-6,11,15H,7-10,12,14H2. The molecule has 1 amide bonds. The Bertz CT molecular complexity index is 965. The Hall–Kier alpha value is -2.53. The number of nitrogens with zero attached hydrogens (tertiary/aromatic N) is 4. The van der Waals surface area contributed by atoms with Crippen LogP contribution in [0.25, 0.3) is 9.88 Å². The van der Waals surface area contributed by atoms with Crippen LogP contribution in [0.5, 0.6) is 0 Å². The highest BCUT2D eigenvalue weighted by molar-refractivity contribution is 7.20. The lowest BCUT2D eigenvalue weighted by molar-refractivity contribution is -0.132. The smallest absolute Gasteiger partial charge is 0.228 e. The summed E-state index contributed by atoms with van der Waals surface area (Å²) in [7, 11) is 0. The van der Waals surface area contributed by atoms with E-state index in [9.17, 15) is 4.79 Å². The zero-order valence-corrected chi connectivity index (χ0v) is 17.0. The molecule has 0 saturated carbocycles. The fourth-order valence-electron chi connectivity index (χ4n) is 3.27. The average Bonchev–Trinajstić information content (AvgIpc) is 3.41. The summed E-state index contributed by atoms with van der Waals surface area (Å²) in [5, 5.41) is 13.9. The highest BCUT2D eigenvalue weighted by Crippen LogP contribution is 2.28. The average molecular weight is 409 g/mol. The lowest BCUT2D eigenvalue weighted by atomic mass is 10.1. The number of amides is 1. The van der Waals surface area contributed by atoms with Gasteiger partial charge in [-0.05, 0) is 29.1 Å². The van der Waals surface area contributed by atoms with Crippen molar-refractivity contribution >= 4 is 28.6 Å². The molecule has 2 aromatic heterocycles. The van der Waals surface area contributed by atoms with E-state index >= 15 is 0 Å². The summed E-state index contributed by atoms with van der Waals surface area (Å²) in [4.78, 5) is 22.7. The van der Waals surface area contributed by atoms with Gasteiger partial charge < -0.3 is 4.90 Å². The molecule has 4 rings (SSSR count). The van der Waals surface area contributed by atoms with Crippen molar-refractivity contribution in [3.8, 4) is 16.0 Å². The third kappa shape index (κ3) is 4.47. The molecule has 0 atom stereocenters. The molecule has 0 radical (unpaired) electrons. The zero-order valence-electron chi connectivity index (χ0n) is 15.4. The number of nitriles is 1. The van der Waals surface area contributed by atoms with Crippen LogP contribution in [-0.4, -0.2) is 46.9 Å². The molecule has 28 heavy (non-hydrogen) atoms. The fourth-order valence-corrected chi connectivity index (χ4v) is 4.90. The van der Waals surface area contributed by atoms with Gasteiger partial charge in [0.25, 0.3) is 0 Å². The van der Waals surface area contributed by atoms with Gasteiger partial charge >= 0.3 is 0 Å². The first-order valence-corrected chi connectivity index (χ1v) is 10.9. The van der Waals surface area contributed by atoms with Crippen molar-refractivity contribution in [1.82, 2.24) is 14.8 Å². The summed E-state index contributed by atoms with van der Waals surface area (Å²) in [5.41, 5.74) is 2.74. The molecule has 7 heteroatoms. The van der Waals surface area contributed by atoms with Crippen molar-refractivity contribution in [2.24, 2.45) is 0 Å². The van der Waals surface area contributed by atoms with Crippen molar-refractivity contribution in [2.45, 2.75) is 13.0 Å². The van der Waals surface area contributed by atoms with Crippen molar-refractivity contribution in [3.63, 3.8) is 0 Å². The van der Waals surface area contributed by atoms with Gasteiger partial charge in [-0.25, -0.2) is 4.98 Å². The number of hydrogen-bond acceptors (Lipinski definition) is 6. The molecule has 142 valence electrons. The van der Waals surface area contributed by atoms with Gasteiger partial charge in [0.05, 0.1) is 28.6 Å². The summed E-state index contributed by atoms with van der Waals surface area (Å²) >= 11 is 3.27. The second-order valence-corrected chi connectivity index (χ2v) is 8.57. The SMILES string of the molecule is N#Cc1ccc(CN2CCN(C(=O)Cc3csc(-c4cccs4)n3)CC2)cc1. The van der Waals surface area contributed by atoms with Crippen molar-refractivity contribution in [3.05, 3.63) is 64.0 Å². The van der Waals surface area contributed by atoms with Crippen LogP contribution in [0.3, 0.4) is 0 Å². The van der Waals surface area contributed by atoms with Crippen LogP contribution >= 0.6 is 22.7 Å². The molecule has 0 aliphatic carbocycles. The minimum atomic E-state index is 0.154. The molecule has 3 heterocycles. The number of carbonyl (C=O) groups excluding carboxylic acids is 1. The molecule has 3 aromatic rings. The van der Waals surface area contributed by atoms with Gasteiger partial charge in [0.2, 0.25) is 5.91 Å². The molecule has 0 unspecified atom stereocenters. The Kier molecular flexibility index (Phi) is 5.81. The number of thiazole rings is 1. The Labute approximate surface area is 172 Å². The van der Waals surface area contributed by atoms with E-state index in [1.807, 2.05) is 46.0 Å². The molecule has 0 N–H and O–H groups in total. The highest BCUT2D eigenvalue weighted by atomic mass is 32.1. The first kappa shape index (κ1) is 18.8. The highest BCUT2D eigenvalue weighted by Gasteiger charge is 2.22. The summed E-state index contributed by atoms with van der Waals surface area (Å²) < 4.78 is 0. The van der Waals surface area contributed by atoms with Gasteiger partial charge in [0.1, 0.15) is 5.01 Å². The van der Waals surface area contributed by atoms with Gasteiger partial charge in [0.15, 0.2) is 0 Å². The van der Waals surface area contributed by atoms with Gasteiger partial charge in [-0.2, -0.15) is 5.26 Å². The van der Waals surface area contributed by atoms with Gasteiger partial charge in [-0.15, -0.1) is 22.7 Å². The molecular formula is C21H20N4OS2. The van der Waals surface area contributed by atoms with Crippen LogP contribution in [-0.2, 0) is 17.8 Å². The molecule has 1 saturated heterocycles. The maximum atomic E-state index is 12.6. The Morgan fingerprint density at radius 1 is 1.11 bits per heavy atom. The minimum Gasteiger partial charge on any atom is -0.340 e. The predicted molar refractivity (Wildman–Crippen MR) is 112 cm³/mol. The number of piperazine rings is 1. The van der Waals surface area contributed by atoms with E-state index in [0.29, 0.717) is 12.0 Å². The van der Waals surface area contributed by atoms with Gasteiger partial charge in [-0.3, -0.25) is 9.69 Å². The lowest BCUT2D eigenvalue weighted by Crippen LogP contribution is -2.48. The first-order valence-electron chi connectivity index (χ1n) is 9.19.